The molecule has 2 aromatic carbocycles. The molecule has 1 aliphatic rings. The van der Waals surface area contributed by atoms with E-state index in [1.165, 1.54) is 11.9 Å². The Morgan fingerprint density at radius 2 is 1.53 bits per heavy atom. The molecule has 0 saturated heterocycles. The van der Waals surface area contributed by atoms with Crippen molar-refractivity contribution < 1.29 is 9.59 Å². The molecule has 0 fully saturated rings. The molecule has 1 N–H and O–H groups in total. The van der Waals surface area contributed by atoms with Crippen LogP contribution in [0.1, 0.15) is 18.1 Å². The number of H-pyrrole nitrogens is 1. The predicted octanol–water partition coefficient (Wildman–Crippen LogP) is 5.58. The second-order valence-corrected chi connectivity index (χ2v) is 8.96. The van der Waals surface area contributed by atoms with Crippen molar-refractivity contribution in [3.05, 3.63) is 68.9 Å². The van der Waals surface area contributed by atoms with Gasteiger partial charge in [0.25, 0.3) is 11.8 Å². The highest BCUT2D eigenvalue weighted by atomic mass is 79.9. The molecule has 5 rings (SSSR count). The fraction of sp³-hybridized carbons (Fsp3) is 0.130. The Labute approximate surface area is 189 Å². The quantitative estimate of drug-likeness (QED) is 0.354. The number of nitrogens with one attached hydrogen (secondary N) is 1. The molecule has 3 heterocycles. The molecule has 150 valence electrons. The van der Waals surface area contributed by atoms with Crippen molar-refractivity contribution in [2.24, 2.45) is 0 Å². The van der Waals surface area contributed by atoms with Gasteiger partial charge in [-0.3, -0.25) is 14.5 Å². The van der Waals surface area contributed by atoms with Crippen LogP contribution in [0.2, 0.25) is 0 Å². The maximum atomic E-state index is 13.3. The van der Waals surface area contributed by atoms with Gasteiger partial charge in [0.2, 0.25) is 0 Å². The molecule has 0 unspecified atom stereocenters. The van der Waals surface area contributed by atoms with Crippen LogP contribution >= 0.6 is 31.9 Å². The van der Waals surface area contributed by atoms with E-state index in [0.29, 0.717) is 11.1 Å². The topological polar surface area (TPSA) is 58.1 Å². The minimum atomic E-state index is -0.295. The smallest absolute Gasteiger partial charge is 0.261 e. The number of imide groups is 1. The molecule has 2 amide bonds. The summed E-state index contributed by atoms with van der Waals surface area (Å²) in [7, 11) is 1.54. The number of fused-ring (bicyclic) bond motifs is 2. The first-order valence-electron chi connectivity index (χ1n) is 9.54. The van der Waals surface area contributed by atoms with Gasteiger partial charge in [0.05, 0.1) is 11.1 Å². The summed E-state index contributed by atoms with van der Waals surface area (Å²) < 4.78 is 3.86. The number of carbonyl (C=O) groups is 2. The molecular weight excluding hydrogens is 510 g/mol. The van der Waals surface area contributed by atoms with Gasteiger partial charge in [0.15, 0.2) is 0 Å². The zero-order chi connectivity index (χ0) is 21.2. The third kappa shape index (κ3) is 2.58. The van der Waals surface area contributed by atoms with Gasteiger partial charge in [0, 0.05) is 67.9 Å². The molecular formula is C23H17Br2N3O2. The molecule has 30 heavy (non-hydrogen) atoms. The first kappa shape index (κ1) is 19.3. The Morgan fingerprint density at radius 1 is 0.900 bits per heavy atom. The summed E-state index contributed by atoms with van der Waals surface area (Å²) in [5.74, 6) is -0.585. The van der Waals surface area contributed by atoms with Gasteiger partial charge in [0.1, 0.15) is 0 Å². The minimum absolute atomic E-state index is 0.290. The second-order valence-electron chi connectivity index (χ2n) is 7.25. The maximum Gasteiger partial charge on any atom is 0.261 e. The summed E-state index contributed by atoms with van der Waals surface area (Å²) in [6.07, 6.45) is 3.78. The van der Waals surface area contributed by atoms with E-state index in [4.69, 9.17) is 0 Å². The van der Waals surface area contributed by atoms with Crippen molar-refractivity contribution in [1.29, 1.82) is 0 Å². The van der Waals surface area contributed by atoms with Crippen molar-refractivity contribution in [3.63, 3.8) is 0 Å². The van der Waals surface area contributed by atoms with Crippen LogP contribution in [0.5, 0.6) is 0 Å². The van der Waals surface area contributed by atoms with Gasteiger partial charge < -0.3 is 9.55 Å². The monoisotopic (exact) mass is 525 g/mol. The zero-order valence-corrected chi connectivity index (χ0v) is 19.5. The maximum absolute atomic E-state index is 13.3. The average molecular weight is 527 g/mol. The van der Waals surface area contributed by atoms with Crippen molar-refractivity contribution in [3.8, 4) is 0 Å². The lowest BCUT2D eigenvalue weighted by molar-refractivity contribution is -0.134. The fourth-order valence-corrected chi connectivity index (χ4v) is 5.39. The number of aryl methyl sites for hydroxylation is 1. The van der Waals surface area contributed by atoms with E-state index in [2.05, 4.69) is 48.3 Å². The van der Waals surface area contributed by atoms with Crippen LogP contribution in [0.15, 0.2) is 57.7 Å². The van der Waals surface area contributed by atoms with Crippen molar-refractivity contribution >= 4 is 76.6 Å². The van der Waals surface area contributed by atoms with Gasteiger partial charge in [-0.25, -0.2) is 0 Å². The highest BCUT2D eigenvalue weighted by Crippen LogP contribution is 2.43. The lowest BCUT2D eigenvalue weighted by Gasteiger charge is -2.06. The summed E-state index contributed by atoms with van der Waals surface area (Å²) in [6, 6.07) is 11.8. The third-order valence-corrected chi connectivity index (χ3v) is 7.00. The van der Waals surface area contributed by atoms with Crippen LogP contribution in [-0.2, 0) is 16.1 Å². The van der Waals surface area contributed by atoms with Gasteiger partial charge in [-0.15, -0.1) is 0 Å². The van der Waals surface area contributed by atoms with E-state index in [0.717, 1.165) is 48.4 Å². The number of likely N-dealkylation sites (N-methyl/N-ethyl adjacent to an activating group) is 1. The van der Waals surface area contributed by atoms with Crippen molar-refractivity contribution in [2.75, 3.05) is 7.05 Å². The highest BCUT2D eigenvalue weighted by molar-refractivity contribution is 9.11. The first-order chi connectivity index (χ1) is 14.4. The number of carbonyl (C=O) groups excluding carboxylic acids is 2. The van der Waals surface area contributed by atoms with E-state index < -0.39 is 0 Å². The average Bonchev–Trinajstić information content (AvgIpc) is 3.38. The number of hydrogen-bond donors (Lipinski definition) is 1. The summed E-state index contributed by atoms with van der Waals surface area (Å²) in [5, 5.41) is 1.82. The molecule has 0 saturated carbocycles. The van der Waals surface area contributed by atoms with Gasteiger partial charge >= 0.3 is 0 Å². The first-order valence-corrected chi connectivity index (χ1v) is 11.1. The van der Waals surface area contributed by atoms with Crippen LogP contribution in [0, 0.1) is 0 Å². The van der Waals surface area contributed by atoms with E-state index >= 15 is 0 Å². The number of aromatic amines is 1. The standard InChI is InChI=1S/C23H17Br2N3O2/c1-3-28-11-13(19-15(25)7-5-9-17(19)28)21-20(22(29)27(2)23(21)30)12-10-26-16-8-4-6-14(24)18(12)16/h4-11,26H,3H2,1-2H3. The molecule has 5 nitrogen and oxygen atoms in total. The predicted molar refractivity (Wildman–Crippen MR) is 126 cm³/mol. The van der Waals surface area contributed by atoms with Crippen molar-refractivity contribution in [2.45, 2.75) is 13.5 Å². The zero-order valence-electron chi connectivity index (χ0n) is 16.3. The van der Waals surface area contributed by atoms with Crippen LogP contribution in [0.3, 0.4) is 0 Å². The van der Waals surface area contributed by atoms with Crippen molar-refractivity contribution in [1.82, 2.24) is 14.5 Å². The second kappa shape index (κ2) is 6.96. The molecule has 7 heteroatoms. The number of rotatable bonds is 3. The molecule has 0 atom stereocenters. The lowest BCUT2D eigenvalue weighted by Crippen LogP contribution is -2.26. The van der Waals surface area contributed by atoms with Crippen LogP contribution in [0.4, 0.5) is 0 Å². The van der Waals surface area contributed by atoms with E-state index in [1.54, 1.807) is 0 Å². The largest absolute Gasteiger partial charge is 0.361 e. The molecule has 0 radical (unpaired) electrons. The Hall–Kier alpha value is -2.64. The Bertz CT molecular complexity index is 1410. The van der Waals surface area contributed by atoms with E-state index in [9.17, 15) is 9.59 Å². The fourth-order valence-electron chi connectivity index (χ4n) is 4.24. The number of hydrogen-bond acceptors (Lipinski definition) is 2. The molecule has 0 spiro atoms. The normalized spacial score (nSPS) is 14.7. The SMILES string of the molecule is CCn1cc(C2=C(c3c[nH]c4cccc(Br)c34)C(=O)N(C)C2=O)c2c(Br)cccc21. The van der Waals surface area contributed by atoms with Gasteiger partial charge in [-0.2, -0.15) is 0 Å². The Balaban J connectivity index is 1.91. The Kier molecular flexibility index (Phi) is 4.48. The van der Waals surface area contributed by atoms with E-state index in [-0.39, 0.29) is 11.8 Å². The van der Waals surface area contributed by atoms with Crippen LogP contribution in [-0.4, -0.2) is 33.3 Å². The number of halogens is 2. The van der Waals surface area contributed by atoms with E-state index in [1.807, 2.05) is 48.8 Å². The molecule has 2 aromatic heterocycles. The summed E-state index contributed by atoms with van der Waals surface area (Å²) >= 11 is 7.25. The molecule has 1 aliphatic heterocycles. The minimum Gasteiger partial charge on any atom is -0.361 e. The Morgan fingerprint density at radius 3 is 2.23 bits per heavy atom. The van der Waals surface area contributed by atoms with Crippen LogP contribution < -0.4 is 0 Å². The van der Waals surface area contributed by atoms with Crippen LogP contribution in [0.25, 0.3) is 33.0 Å². The summed E-state index contributed by atoms with van der Waals surface area (Å²) in [4.78, 5) is 31.0. The number of aromatic nitrogens is 2. The molecule has 0 aliphatic carbocycles. The molecule has 0 bridgehead atoms. The number of amides is 2. The highest BCUT2D eigenvalue weighted by Gasteiger charge is 2.39. The van der Waals surface area contributed by atoms with Gasteiger partial charge in [-0.05, 0) is 31.2 Å². The van der Waals surface area contributed by atoms with Gasteiger partial charge in [-0.1, -0.05) is 44.0 Å². The number of benzene rings is 2. The lowest BCUT2D eigenvalue weighted by atomic mass is 9.95. The third-order valence-electron chi connectivity index (χ3n) is 5.68. The number of nitrogens with zero attached hydrogens (tertiary/aromatic N) is 2. The summed E-state index contributed by atoms with van der Waals surface area (Å²) in [6.45, 7) is 2.82. The molecule has 4 aromatic rings. The summed E-state index contributed by atoms with van der Waals surface area (Å²) in [5.41, 5.74) is 4.26.